The van der Waals surface area contributed by atoms with Crippen molar-refractivity contribution in [2.75, 3.05) is 44.2 Å². The van der Waals surface area contributed by atoms with Crippen LogP contribution in [-0.4, -0.2) is 78.6 Å². The molecule has 4 rings (SSSR count). The molecule has 0 aromatic heterocycles. The average molecular weight is 457 g/mol. The molecule has 3 fully saturated rings. The average Bonchev–Trinajstić information content (AvgIpc) is 2.78. The molecule has 8 nitrogen and oxygen atoms in total. The minimum atomic E-state index is -0.474. The van der Waals surface area contributed by atoms with Gasteiger partial charge in [-0.15, -0.1) is 0 Å². The summed E-state index contributed by atoms with van der Waals surface area (Å²) in [6, 6.07) is 8.53. The van der Waals surface area contributed by atoms with E-state index in [1.807, 2.05) is 37.8 Å². The maximum absolute atomic E-state index is 12.5. The Kier molecular flexibility index (Phi) is 6.93. The Balaban J connectivity index is 1.33. The maximum Gasteiger partial charge on any atom is 0.410 e. The topological polar surface area (TPSA) is 82.2 Å². The van der Waals surface area contributed by atoms with Crippen molar-refractivity contribution >= 4 is 23.6 Å². The number of anilines is 1. The lowest BCUT2D eigenvalue weighted by Crippen LogP contribution is -2.56. The number of amides is 3. The Bertz CT molecular complexity index is 889. The van der Waals surface area contributed by atoms with Crippen LogP contribution in [0.5, 0.6) is 0 Å². The van der Waals surface area contributed by atoms with Crippen LogP contribution in [0.15, 0.2) is 24.3 Å². The summed E-state index contributed by atoms with van der Waals surface area (Å²) in [6.07, 6.45) is 2.84. The van der Waals surface area contributed by atoms with Crippen LogP contribution in [0.4, 0.5) is 10.5 Å². The number of nitrogens with one attached hydrogen (secondary N) is 1. The van der Waals surface area contributed by atoms with Crippen LogP contribution in [0.1, 0.15) is 57.9 Å². The number of piperidine rings is 2. The Hall–Kier alpha value is -2.61. The highest BCUT2D eigenvalue weighted by atomic mass is 16.6. The molecule has 3 saturated heterocycles. The van der Waals surface area contributed by atoms with E-state index in [0.717, 1.165) is 63.4 Å². The van der Waals surface area contributed by atoms with Gasteiger partial charge in [0.25, 0.3) is 0 Å². The molecule has 0 saturated carbocycles. The Morgan fingerprint density at radius 3 is 2.52 bits per heavy atom. The maximum atomic E-state index is 12.5. The lowest BCUT2D eigenvalue weighted by molar-refractivity contribution is -0.134. The molecule has 1 aromatic rings. The van der Waals surface area contributed by atoms with Gasteiger partial charge in [-0.1, -0.05) is 12.1 Å². The predicted octanol–water partition coefficient (Wildman–Crippen LogP) is 2.73. The highest BCUT2D eigenvalue weighted by molar-refractivity contribution is 6.01. The number of hydrogen-bond acceptors (Lipinski definition) is 6. The molecule has 3 aliphatic heterocycles. The van der Waals surface area contributed by atoms with Crippen molar-refractivity contribution in [1.82, 2.24) is 15.1 Å². The zero-order valence-electron chi connectivity index (χ0n) is 20.0. The molecule has 0 radical (unpaired) electrons. The summed E-state index contributed by atoms with van der Waals surface area (Å²) >= 11 is 0. The van der Waals surface area contributed by atoms with Gasteiger partial charge in [0, 0.05) is 57.4 Å². The minimum absolute atomic E-state index is 0.184. The van der Waals surface area contributed by atoms with E-state index in [1.54, 1.807) is 0 Å². The van der Waals surface area contributed by atoms with Gasteiger partial charge in [-0.3, -0.25) is 19.8 Å². The quantitative estimate of drug-likeness (QED) is 0.705. The second-order valence-corrected chi connectivity index (χ2v) is 10.3. The van der Waals surface area contributed by atoms with Crippen LogP contribution in [0.2, 0.25) is 0 Å². The lowest BCUT2D eigenvalue weighted by Gasteiger charge is -2.44. The molecule has 8 heteroatoms. The molecule has 3 aliphatic rings. The van der Waals surface area contributed by atoms with Crippen LogP contribution < -0.4 is 10.2 Å². The van der Waals surface area contributed by atoms with Crippen LogP contribution in [-0.2, 0) is 14.3 Å². The Morgan fingerprint density at radius 1 is 1.06 bits per heavy atom. The molecule has 0 bridgehead atoms. The third-order valence-corrected chi connectivity index (χ3v) is 6.76. The van der Waals surface area contributed by atoms with E-state index >= 15 is 0 Å². The molecule has 1 N–H and O–H groups in total. The number of imide groups is 1. The molecule has 0 spiro atoms. The summed E-state index contributed by atoms with van der Waals surface area (Å²) in [4.78, 5) is 43.0. The van der Waals surface area contributed by atoms with E-state index in [9.17, 15) is 14.4 Å². The normalized spacial score (nSPS) is 25.1. The molecule has 3 heterocycles. The van der Waals surface area contributed by atoms with Crippen molar-refractivity contribution < 1.29 is 19.1 Å². The zero-order chi connectivity index (χ0) is 23.6. The fraction of sp³-hybridized carbons (Fsp3) is 0.640. The second-order valence-electron chi connectivity index (χ2n) is 10.3. The summed E-state index contributed by atoms with van der Waals surface area (Å²) in [5.41, 5.74) is 1.62. The van der Waals surface area contributed by atoms with Crippen LogP contribution in [0.25, 0.3) is 0 Å². The number of rotatable bonds is 3. The Morgan fingerprint density at radius 2 is 1.82 bits per heavy atom. The van der Waals surface area contributed by atoms with Gasteiger partial charge in [0.2, 0.25) is 11.8 Å². The summed E-state index contributed by atoms with van der Waals surface area (Å²) < 4.78 is 5.58. The van der Waals surface area contributed by atoms with Gasteiger partial charge in [-0.05, 0) is 57.7 Å². The SMILES string of the molecule is CC(C)(C)OC(=O)N1CCCC(N2CCN(c3cccc(C4CCC(=O)NC4=O)c3)CC2)C1. The second kappa shape index (κ2) is 9.71. The first-order valence-electron chi connectivity index (χ1n) is 12.1. The fourth-order valence-corrected chi connectivity index (χ4v) is 5.04. The van der Waals surface area contributed by atoms with E-state index < -0.39 is 5.60 Å². The fourth-order valence-electron chi connectivity index (χ4n) is 5.04. The van der Waals surface area contributed by atoms with Crippen molar-refractivity contribution in [1.29, 1.82) is 0 Å². The van der Waals surface area contributed by atoms with E-state index in [0.29, 0.717) is 18.9 Å². The number of piperazine rings is 1. The van der Waals surface area contributed by atoms with Crippen LogP contribution >= 0.6 is 0 Å². The van der Waals surface area contributed by atoms with E-state index in [-0.39, 0.29) is 23.8 Å². The summed E-state index contributed by atoms with van der Waals surface area (Å²) in [5, 5.41) is 2.46. The van der Waals surface area contributed by atoms with E-state index in [1.165, 1.54) is 0 Å². The Labute approximate surface area is 196 Å². The molecule has 2 atom stereocenters. The molecular formula is C25H36N4O4. The predicted molar refractivity (Wildman–Crippen MR) is 126 cm³/mol. The lowest BCUT2D eigenvalue weighted by atomic mass is 9.90. The van der Waals surface area contributed by atoms with Gasteiger partial charge >= 0.3 is 6.09 Å². The van der Waals surface area contributed by atoms with E-state index in [2.05, 4.69) is 27.2 Å². The van der Waals surface area contributed by atoms with E-state index in [4.69, 9.17) is 4.74 Å². The van der Waals surface area contributed by atoms with Crippen molar-refractivity contribution in [3.63, 3.8) is 0 Å². The van der Waals surface area contributed by atoms with Crippen molar-refractivity contribution in [2.45, 2.75) is 64.0 Å². The van der Waals surface area contributed by atoms with Gasteiger partial charge in [0.15, 0.2) is 0 Å². The van der Waals surface area contributed by atoms with Gasteiger partial charge < -0.3 is 14.5 Å². The van der Waals surface area contributed by atoms with Gasteiger partial charge in [-0.25, -0.2) is 4.79 Å². The summed E-state index contributed by atoms with van der Waals surface area (Å²) in [5.74, 6) is -0.637. The molecule has 33 heavy (non-hydrogen) atoms. The smallest absolute Gasteiger partial charge is 0.410 e. The first-order chi connectivity index (χ1) is 15.7. The van der Waals surface area contributed by atoms with Crippen LogP contribution in [0.3, 0.4) is 0 Å². The van der Waals surface area contributed by atoms with Crippen molar-refractivity contribution in [2.24, 2.45) is 0 Å². The molecule has 180 valence electrons. The van der Waals surface area contributed by atoms with Crippen LogP contribution in [0, 0.1) is 0 Å². The zero-order valence-corrected chi connectivity index (χ0v) is 20.0. The number of hydrogen-bond donors (Lipinski definition) is 1. The van der Waals surface area contributed by atoms with Crippen molar-refractivity contribution in [3.8, 4) is 0 Å². The van der Waals surface area contributed by atoms with Crippen molar-refractivity contribution in [3.05, 3.63) is 29.8 Å². The molecule has 1 aromatic carbocycles. The van der Waals surface area contributed by atoms with Gasteiger partial charge in [-0.2, -0.15) is 0 Å². The van der Waals surface area contributed by atoms with Gasteiger partial charge in [0.05, 0.1) is 5.92 Å². The highest BCUT2D eigenvalue weighted by Crippen LogP contribution is 2.29. The number of nitrogens with zero attached hydrogens (tertiary/aromatic N) is 3. The third kappa shape index (κ3) is 5.85. The third-order valence-electron chi connectivity index (χ3n) is 6.76. The summed E-state index contributed by atoms with van der Waals surface area (Å²) in [6.45, 7) is 10.9. The monoisotopic (exact) mass is 456 g/mol. The molecule has 0 aliphatic carbocycles. The minimum Gasteiger partial charge on any atom is -0.444 e. The number of carbonyl (C=O) groups excluding carboxylic acids is 3. The first kappa shape index (κ1) is 23.5. The molecule has 2 unspecified atom stereocenters. The molecular weight excluding hydrogens is 420 g/mol. The molecule has 3 amide bonds. The summed E-state index contributed by atoms with van der Waals surface area (Å²) in [7, 11) is 0. The number of likely N-dealkylation sites (tertiary alicyclic amines) is 1. The largest absolute Gasteiger partial charge is 0.444 e. The number of carbonyl (C=O) groups is 3. The standard InChI is InChI=1S/C25H36N4O4/c1-25(2,3)33-24(32)29-11-5-8-20(17-29)28-14-12-27(13-15-28)19-7-4-6-18(16-19)21-9-10-22(30)26-23(21)31/h4,6-7,16,20-21H,5,8-15,17H2,1-3H3,(H,26,30,31). The number of benzene rings is 1. The van der Waals surface area contributed by atoms with Gasteiger partial charge in [0.1, 0.15) is 5.60 Å². The number of ether oxygens (including phenoxy) is 1. The highest BCUT2D eigenvalue weighted by Gasteiger charge is 2.32. The first-order valence-corrected chi connectivity index (χ1v) is 12.1.